The fourth-order valence-corrected chi connectivity index (χ4v) is 8.05. The minimum absolute atomic E-state index is 0.997. The van der Waals surface area contributed by atoms with Crippen LogP contribution in [0.2, 0.25) is 0 Å². The van der Waals surface area contributed by atoms with E-state index in [4.69, 9.17) is 9.98 Å². The molecule has 2 aromatic rings. The monoisotopic (exact) mass is 769 g/mol. The Morgan fingerprint density at radius 3 is 0.768 bits per heavy atom. The van der Waals surface area contributed by atoms with Gasteiger partial charge in [-0.05, 0) is 86.8 Å². The third-order valence-electron chi connectivity index (χ3n) is 11.9. The first kappa shape index (κ1) is 49.9. The zero-order chi connectivity index (χ0) is 40.0. The van der Waals surface area contributed by atoms with Crippen molar-refractivity contribution >= 4 is 22.8 Å². The van der Waals surface area contributed by atoms with Crippen LogP contribution in [0.4, 0.5) is 11.4 Å². The van der Waals surface area contributed by atoms with E-state index in [2.05, 4.69) is 76.2 Å². The van der Waals surface area contributed by atoms with Crippen LogP contribution < -0.4 is 0 Å². The number of benzene rings is 2. The molecule has 0 fully saturated rings. The average Bonchev–Trinajstić information content (AvgIpc) is 3.22. The summed E-state index contributed by atoms with van der Waals surface area (Å²) in [5, 5.41) is 0. The molecule has 0 N–H and O–H groups in total. The van der Waals surface area contributed by atoms with Gasteiger partial charge in [-0.3, -0.25) is 9.98 Å². The van der Waals surface area contributed by atoms with Crippen molar-refractivity contribution in [1.29, 1.82) is 0 Å². The van der Waals surface area contributed by atoms with Crippen molar-refractivity contribution < 1.29 is 0 Å². The van der Waals surface area contributed by atoms with Gasteiger partial charge >= 0.3 is 0 Å². The van der Waals surface area contributed by atoms with Gasteiger partial charge < -0.3 is 0 Å². The largest absolute Gasteiger partial charge is 0.252 e. The van der Waals surface area contributed by atoms with Crippen molar-refractivity contribution in [3.8, 4) is 0 Å². The maximum absolute atomic E-state index is 5.27. The van der Waals surface area contributed by atoms with E-state index in [1.165, 1.54) is 228 Å². The van der Waals surface area contributed by atoms with Gasteiger partial charge in [-0.15, -0.1) is 0 Å². The summed E-state index contributed by atoms with van der Waals surface area (Å²) in [7, 11) is 0. The van der Waals surface area contributed by atoms with Crippen LogP contribution in [0.15, 0.2) is 58.5 Å². The number of rotatable bonds is 39. The van der Waals surface area contributed by atoms with Crippen LogP contribution in [0.1, 0.15) is 257 Å². The highest BCUT2D eigenvalue weighted by Crippen LogP contribution is 2.22. The van der Waals surface area contributed by atoms with Crippen LogP contribution in [-0.2, 0) is 12.8 Å². The number of hydrogen-bond donors (Lipinski definition) is 0. The Bertz CT molecular complexity index is 1090. The van der Waals surface area contributed by atoms with Crippen molar-refractivity contribution in [2.75, 3.05) is 0 Å². The standard InChI is InChI=1S/C54H92N2/c1-5-9-13-15-17-19-21-23-25-27-29-31-33-35-37-49-41-45-51(46-42-49)55-53(39-11-7-3)54(40-12-8-4)56-52-47-43-50(44-48-52)38-36-34-32-30-28-26-24-22-20-18-16-14-10-6-2/h41-48H,5-40H2,1-4H3. The van der Waals surface area contributed by atoms with Crippen LogP contribution in [0.25, 0.3) is 0 Å². The van der Waals surface area contributed by atoms with E-state index in [-0.39, 0.29) is 0 Å². The Kier molecular flexibility index (Phi) is 33.1. The number of aliphatic imine (C=N–C) groups is 2. The number of aryl methyl sites for hydroxylation is 2. The molecule has 0 radical (unpaired) electrons. The molecule has 0 bridgehead atoms. The lowest BCUT2D eigenvalue weighted by atomic mass is 10.0. The summed E-state index contributed by atoms with van der Waals surface area (Å²) in [6.45, 7) is 9.17. The van der Waals surface area contributed by atoms with Gasteiger partial charge in [-0.25, -0.2) is 0 Å². The molecule has 318 valence electrons. The van der Waals surface area contributed by atoms with Crippen molar-refractivity contribution in [2.45, 2.75) is 259 Å². The van der Waals surface area contributed by atoms with Crippen molar-refractivity contribution in [3.63, 3.8) is 0 Å². The van der Waals surface area contributed by atoms with Crippen molar-refractivity contribution in [2.24, 2.45) is 9.98 Å². The highest BCUT2D eigenvalue weighted by molar-refractivity contribution is 6.43. The molecule has 0 spiro atoms. The Morgan fingerprint density at radius 1 is 0.286 bits per heavy atom. The summed E-state index contributed by atoms with van der Waals surface area (Å²) in [6.07, 6.45) is 48.6. The zero-order valence-corrected chi connectivity index (χ0v) is 38.0. The van der Waals surface area contributed by atoms with E-state index in [0.29, 0.717) is 0 Å². The Hall–Kier alpha value is -2.22. The predicted molar refractivity (Wildman–Crippen MR) is 254 cm³/mol. The molecule has 0 aromatic heterocycles. The van der Waals surface area contributed by atoms with Crippen LogP contribution >= 0.6 is 0 Å². The van der Waals surface area contributed by atoms with E-state index in [0.717, 1.165) is 37.1 Å². The minimum Gasteiger partial charge on any atom is -0.252 e. The summed E-state index contributed by atoms with van der Waals surface area (Å²) in [5.41, 5.74) is 7.43. The van der Waals surface area contributed by atoms with E-state index in [9.17, 15) is 0 Å². The van der Waals surface area contributed by atoms with Crippen molar-refractivity contribution in [3.05, 3.63) is 59.7 Å². The molecular weight excluding hydrogens is 677 g/mol. The van der Waals surface area contributed by atoms with Crippen LogP contribution in [0.3, 0.4) is 0 Å². The van der Waals surface area contributed by atoms with Gasteiger partial charge in [0, 0.05) is 0 Å². The van der Waals surface area contributed by atoms with E-state index in [1.807, 2.05) is 0 Å². The third kappa shape index (κ3) is 27.4. The molecule has 2 nitrogen and oxygen atoms in total. The minimum atomic E-state index is 0.997. The summed E-state index contributed by atoms with van der Waals surface area (Å²) in [6, 6.07) is 18.2. The summed E-state index contributed by atoms with van der Waals surface area (Å²) >= 11 is 0. The first-order chi connectivity index (χ1) is 27.7. The van der Waals surface area contributed by atoms with Gasteiger partial charge in [0.25, 0.3) is 0 Å². The molecule has 0 atom stereocenters. The molecule has 0 saturated carbocycles. The third-order valence-corrected chi connectivity index (χ3v) is 11.9. The number of nitrogens with zero attached hydrogens (tertiary/aromatic N) is 2. The van der Waals surface area contributed by atoms with Gasteiger partial charge in [0.1, 0.15) is 0 Å². The lowest BCUT2D eigenvalue weighted by molar-refractivity contribution is 0.535. The zero-order valence-electron chi connectivity index (χ0n) is 38.0. The Morgan fingerprint density at radius 2 is 0.518 bits per heavy atom. The molecule has 0 amide bonds. The molecule has 2 rings (SSSR count). The molecule has 56 heavy (non-hydrogen) atoms. The van der Waals surface area contributed by atoms with Gasteiger partial charge in [0.05, 0.1) is 22.8 Å². The maximum Gasteiger partial charge on any atom is 0.0633 e. The number of hydrogen-bond acceptors (Lipinski definition) is 2. The van der Waals surface area contributed by atoms with Crippen LogP contribution in [0, 0.1) is 0 Å². The fourth-order valence-electron chi connectivity index (χ4n) is 8.05. The molecule has 0 saturated heterocycles. The molecular formula is C54H92N2. The average molecular weight is 769 g/mol. The van der Waals surface area contributed by atoms with Gasteiger partial charge in [-0.2, -0.15) is 0 Å². The van der Waals surface area contributed by atoms with Crippen molar-refractivity contribution in [1.82, 2.24) is 0 Å². The Labute approximate surface area is 350 Å². The second-order valence-corrected chi connectivity index (χ2v) is 17.3. The lowest BCUT2D eigenvalue weighted by Gasteiger charge is -2.11. The van der Waals surface area contributed by atoms with E-state index in [1.54, 1.807) is 0 Å². The Balaban J connectivity index is 1.75. The molecule has 0 aliphatic rings. The summed E-state index contributed by atoms with van der Waals surface area (Å²) in [5.74, 6) is 0. The first-order valence-corrected chi connectivity index (χ1v) is 25.0. The lowest BCUT2D eigenvalue weighted by Crippen LogP contribution is -2.14. The molecule has 0 aliphatic carbocycles. The quantitative estimate of drug-likeness (QED) is 0.0478. The molecule has 0 aliphatic heterocycles. The topological polar surface area (TPSA) is 24.7 Å². The summed E-state index contributed by atoms with van der Waals surface area (Å²) in [4.78, 5) is 10.5. The molecule has 0 unspecified atom stereocenters. The second kappa shape index (κ2) is 37.1. The smallest absolute Gasteiger partial charge is 0.0633 e. The second-order valence-electron chi connectivity index (χ2n) is 17.3. The van der Waals surface area contributed by atoms with E-state index < -0.39 is 0 Å². The van der Waals surface area contributed by atoms with Gasteiger partial charge in [-0.1, -0.05) is 232 Å². The molecule has 2 aromatic carbocycles. The maximum atomic E-state index is 5.27. The fraction of sp³-hybridized carbons (Fsp3) is 0.741. The first-order valence-electron chi connectivity index (χ1n) is 25.0. The summed E-state index contributed by atoms with van der Waals surface area (Å²) < 4.78 is 0. The normalized spacial score (nSPS) is 12.2. The van der Waals surface area contributed by atoms with E-state index >= 15 is 0 Å². The molecule has 0 heterocycles. The highest BCUT2D eigenvalue weighted by atomic mass is 14.8. The van der Waals surface area contributed by atoms with Crippen LogP contribution in [-0.4, -0.2) is 11.4 Å². The van der Waals surface area contributed by atoms with Crippen LogP contribution in [0.5, 0.6) is 0 Å². The SMILES string of the molecule is CCCCCCCCCCCCCCCCc1ccc(N=C(CCCC)C(CCCC)=Nc2ccc(CCCCCCCCCCCCCCCC)cc2)cc1. The number of unbranched alkanes of at least 4 members (excludes halogenated alkanes) is 28. The molecule has 2 heteroatoms. The predicted octanol–water partition coefficient (Wildman–Crippen LogP) is 19.0. The van der Waals surface area contributed by atoms with Gasteiger partial charge in [0.2, 0.25) is 0 Å². The highest BCUT2D eigenvalue weighted by Gasteiger charge is 2.11. The van der Waals surface area contributed by atoms with Gasteiger partial charge in [0.15, 0.2) is 0 Å².